The summed E-state index contributed by atoms with van der Waals surface area (Å²) in [6.45, 7) is 10.4. The third-order valence-electron chi connectivity index (χ3n) is 5.99. The molecular weight excluding hydrogens is 466 g/mol. The molecule has 1 fully saturated rings. The molecule has 0 aliphatic carbocycles. The molecule has 37 heavy (non-hydrogen) atoms. The standard InChI is InChI=1S/C31H33NO5/c1-19(2)18-36-25-10-6-8-22(16-25)28-27(29(33)23-9-7-11-26(17-23)37-20(3)4)30(34)31(35)32(28)24-14-12-21(5)13-15-24/h6-17,19-20,28,33H,18H2,1-5H3/b29-27-. The van der Waals surface area contributed by atoms with E-state index in [4.69, 9.17) is 9.47 Å². The number of aryl methyl sites for hydroxylation is 1. The number of carbonyl (C=O) groups excluding carboxylic acids is 2. The fourth-order valence-electron chi connectivity index (χ4n) is 4.30. The van der Waals surface area contributed by atoms with Gasteiger partial charge < -0.3 is 14.6 Å². The van der Waals surface area contributed by atoms with Gasteiger partial charge in [0, 0.05) is 11.3 Å². The summed E-state index contributed by atoms with van der Waals surface area (Å²) in [6.07, 6.45) is -0.0573. The van der Waals surface area contributed by atoms with E-state index in [0.717, 1.165) is 5.56 Å². The Labute approximate surface area is 218 Å². The van der Waals surface area contributed by atoms with E-state index in [2.05, 4.69) is 13.8 Å². The summed E-state index contributed by atoms with van der Waals surface area (Å²) in [4.78, 5) is 28.3. The Hall–Kier alpha value is -4.06. The highest BCUT2D eigenvalue weighted by Crippen LogP contribution is 2.43. The van der Waals surface area contributed by atoms with Gasteiger partial charge >= 0.3 is 0 Å². The number of ether oxygens (including phenoxy) is 2. The first-order chi connectivity index (χ1) is 17.7. The smallest absolute Gasteiger partial charge is 0.300 e. The van der Waals surface area contributed by atoms with Crippen LogP contribution < -0.4 is 14.4 Å². The van der Waals surface area contributed by atoms with Gasteiger partial charge in [-0.25, -0.2) is 0 Å². The fraction of sp³-hybridized carbons (Fsp3) is 0.290. The predicted molar refractivity (Wildman–Crippen MR) is 145 cm³/mol. The molecule has 0 saturated carbocycles. The summed E-state index contributed by atoms with van der Waals surface area (Å²) in [6, 6.07) is 20.8. The lowest BCUT2D eigenvalue weighted by molar-refractivity contribution is -0.132. The molecule has 6 nitrogen and oxygen atoms in total. The minimum absolute atomic E-state index is 0.0216. The number of rotatable bonds is 8. The van der Waals surface area contributed by atoms with Crippen LogP contribution in [0.4, 0.5) is 5.69 Å². The minimum Gasteiger partial charge on any atom is -0.507 e. The molecule has 3 aromatic rings. The molecule has 0 bridgehead atoms. The Morgan fingerprint density at radius 2 is 1.59 bits per heavy atom. The van der Waals surface area contributed by atoms with Crippen molar-refractivity contribution >= 4 is 23.1 Å². The molecule has 0 aromatic heterocycles. The molecule has 1 unspecified atom stereocenters. The average molecular weight is 500 g/mol. The van der Waals surface area contributed by atoms with Crippen molar-refractivity contribution in [3.63, 3.8) is 0 Å². The maximum Gasteiger partial charge on any atom is 0.300 e. The van der Waals surface area contributed by atoms with Crippen LogP contribution in [0.5, 0.6) is 11.5 Å². The molecule has 6 heteroatoms. The van der Waals surface area contributed by atoms with Gasteiger partial charge in [0.2, 0.25) is 0 Å². The number of anilines is 1. The molecule has 192 valence electrons. The van der Waals surface area contributed by atoms with Crippen LogP contribution >= 0.6 is 0 Å². The first kappa shape index (κ1) is 26.0. The van der Waals surface area contributed by atoms with Gasteiger partial charge in [0.1, 0.15) is 17.3 Å². The summed E-state index contributed by atoms with van der Waals surface area (Å²) < 4.78 is 11.7. The van der Waals surface area contributed by atoms with Crippen molar-refractivity contribution < 1.29 is 24.2 Å². The SMILES string of the molecule is Cc1ccc(N2C(=O)C(=O)/C(=C(\O)c3cccc(OC(C)C)c3)C2c2cccc(OCC(C)C)c2)cc1. The molecule has 1 N–H and O–H groups in total. The topological polar surface area (TPSA) is 76.1 Å². The van der Waals surface area contributed by atoms with Crippen LogP contribution in [0.25, 0.3) is 5.76 Å². The molecule has 1 heterocycles. The number of Topliss-reactive ketones (excluding diaryl/α,β-unsaturated/α-hetero) is 1. The average Bonchev–Trinajstić information content (AvgIpc) is 3.13. The molecule has 1 saturated heterocycles. The monoisotopic (exact) mass is 499 g/mol. The zero-order valence-corrected chi connectivity index (χ0v) is 21.9. The zero-order chi connectivity index (χ0) is 26.7. The number of ketones is 1. The van der Waals surface area contributed by atoms with Crippen LogP contribution in [0.2, 0.25) is 0 Å². The molecule has 4 rings (SSSR count). The number of carbonyl (C=O) groups is 2. The molecule has 1 amide bonds. The van der Waals surface area contributed by atoms with Crippen molar-refractivity contribution in [1.29, 1.82) is 0 Å². The summed E-state index contributed by atoms with van der Waals surface area (Å²) in [5.41, 5.74) is 2.69. The van der Waals surface area contributed by atoms with Gasteiger partial charge in [0.15, 0.2) is 0 Å². The highest BCUT2D eigenvalue weighted by Gasteiger charge is 2.47. The second-order valence-electron chi connectivity index (χ2n) is 9.98. The molecule has 0 spiro atoms. The molecule has 1 aliphatic heterocycles. The van der Waals surface area contributed by atoms with Gasteiger partial charge in [0.25, 0.3) is 11.7 Å². The number of hydrogen-bond acceptors (Lipinski definition) is 5. The first-order valence-electron chi connectivity index (χ1n) is 12.5. The summed E-state index contributed by atoms with van der Waals surface area (Å²) in [5.74, 6) is -0.159. The number of benzene rings is 3. The van der Waals surface area contributed by atoms with E-state index in [-0.39, 0.29) is 17.4 Å². The number of nitrogens with zero attached hydrogens (tertiary/aromatic N) is 1. The Bertz CT molecular complexity index is 1320. The second kappa shape index (κ2) is 10.9. The number of hydrogen-bond donors (Lipinski definition) is 1. The van der Waals surface area contributed by atoms with Crippen molar-refractivity contribution in [2.24, 2.45) is 5.92 Å². The van der Waals surface area contributed by atoms with Gasteiger partial charge in [-0.15, -0.1) is 0 Å². The predicted octanol–water partition coefficient (Wildman–Crippen LogP) is 6.44. The van der Waals surface area contributed by atoms with Crippen LogP contribution in [-0.4, -0.2) is 29.5 Å². The normalized spacial score (nSPS) is 17.1. The van der Waals surface area contributed by atoms with E-state index in [1.54, 1.807) is 24.3 Å². The highest BCUT2D eigenvalue weighted by atomic mass is 16.5. The highest BCUT2D eigenvalue weighted by molar-refractivity contribution is 6.51. The van der Waals surface area contributed by atoms with Gasteiger partial charge in [-0.2, -0.15) is 0 Å². The molecule has 1 aliphatic rings. The third kappa shape index (κ3) is 5.69. The van der Waals surface area contributed by atoms with E-state index >= 15 is 0 Å². The first-order valence-corrected chi connectivity index (χ1v) is 12.5. The van der Waals surface area contributed by atoms with E-state index < -0.39 is 17.7 Å². The van der Waals surface area contributed by atoms with E-state index in [0.29, 0.717) is 40.8 Å². The van der Waals surface area contributed by atoms with Gasteiger partial charge in [-0.3, -0.25) is 14.5 Å². The number of aliphatic hydroxyl groups is 1. The van der Waals surface area contributed by atoms with Gasteiger partial charge in [-0.1, -0.05) is 55.8 Å². The summed E-state index contributed by atoms with van der Waals surface area (Å²) in [5, 5.41) is 11.4. The molecular formula is C31H33NO5. The van der Waals surface area contributed by atoms with Crippen LogP contribution in [0, 0.1) is 12.8 Å². The van der Waals surface area contributed by atoms with Gasteiger partial charge in [0.05, 0.1) is 24.3 Å². The molecule has 1 atom stereocenters. The Balaban J connectivity index is 1.87. The maximum absolute atomic E-state index is 13.4. The van der Waals surface area contributed by atoms with Crippen LogP contribution in [0.15, 0.2) is 78.4 Å². The fourth-order valence-corrected chi connectivity index (χ4v) is 4.30. The van der Waals surface area contributed by atoms with Crippen LogP contribution in [0.3, 0.4) is 0 Å². The number of amides is 1. The number of aliphatic hydroxyl groups excluding tert-OH is 1. The third-order valence-corrected chi connectivity index (χ3v) is 5.99. The van der Waals surface area contributed by atoms with E-state index in [1.165, 1.54) is 4.90 Å². The Kier molecular flexibility index (Phi) is 7.67. The maximum atomic E-state index is 13.4. The van der Waals surface area contributed by atoms with Crippen molar-refractivity contribution in [2.75, 3.05) is 11.5 Å². The van der Waals surface area contributed by atoms with E-state index in [1.807, 2.05) is 69.3 Å². The summed E-state index contributed by atoms with van der Waals surface area (Å²) >= 11 is 0. The zero-order valence-electron chi connectivity index (χ0n) is 21.9. The van der Waals surface area contributed by atoms with Crippen molar-refractivity contribution in [2.45, 2.75) is 46.8 Å². The van der Waals surface area contributed by atoms with Crippen LogP contribution in [-0.2, 0) is 9.59 Å². The summed E-state index contributed by atoms with van der Waals surface area (Å²) in [7, 11) is 0. The van der Waals surface area contributed by atoms with Crippen molar-refractivity contribution in [3.05, 3.63) is 95.1 Å². The lowest BCUT2D eigenvalue weighted by Gasteiger charge is -2.26. The van der Waals surface area contributed by atoms with Crippen molar-refractivity contribution in [3.8, 4) is 11.5 Å². The van der Waals surface area contributed by atoms with E-state index in [9.17, 15) is 14.7 Å². The van der Waals surface area contributed by atoms with Gasteiger partial charge in [-0.05, 0) is 68.7 Å². The lowest BCUT2D eigenvalue weighted by Crippen LogP contribution is -2.29. The molecule has 0 radical (unpaired) electrons. The Morgan fingerprint density at radius 1 is 0.919 bits per heavy atom. The minimum atomic E-state index is -0.833. The molecule has 3 aromatic carbocycles. The largest absolute Gasteiger partial charge is 0.507 e. The second-order valence-corrected chi connectivity index (χ2v) is 9.98. The van der Waals surface area contributed by atoms with Crippen LogP contribution in [0.1, 0.15) is 50.4 Å². The lowest BCUT2D eigenvalue weighted by atomic mass is 9.95. The Morgan fingerprint density at radius 3 is 2.27 bits per heavy atom. The quantitative estimate of drug-likeness (QED) is 0.219. The van der Waals surface area contributed by atoms with Crippen molar-refractivity contribution in [1.82, 2.24) is 0 Å².